The topological polar surface area (TPSA) is 113 Å². The summed E-state index contributed by atoms with van der Waals surface area (Å²) in [5.41, 5.74) is 1.78. The molecule has 4 heterocycles. The SMILES string of the molecule is C[C@H]1CCN(c2nc(-c3cc(-c4ccon4)n(Cc4ccccc4F)n3)ncc2F)[C@H](C(O)O)C1. The molecule has 0 spiro atoms. The van der Waals surface area contributed by atoms with Gasteiger partial charge in [0.25, 0.3) is 0 Å². The highest BCUT2D eigenvalue weighted by Crippen LogP contribution is 2.31. The zero-order valence-corrected chi connectivity index (χ0v) is 18.9. The van der Waals surface area contributed by atoms with Crippen molar-refractivity contribution >= 4 is 5.82 Å². The third kappa shape index (κ3) is 4.64. The molecule has 1 fully saturated rings. The number of nitrogens with zero attached hydrogens (tertiary/aromatic N) is 6. The summed E-state index contributed by atoms with van der Waals surface area (Å²) in [5, 5.41) is 28.3. The molecule has 0 bridgehead atoms. The molecule has 0 amide bonds. The minimum atomic E-state index is -1.64. The van der Waals surface area contributed by atoms with Crippen molar-refractivity contribution in [3.8, 4) is 22.9 Å². The summed E-state index contributed by atoms with van der Waals surface area (Å²) in [4.78, 5) is 10.1. The number of anilines is 1. The van der Waals surface area contributed by atoms with Gasteiger partial charge in [0.15, 0.2) is 23.7 Å². The molecule has 3 aromatic heterocycles. The van der Waals surface area contributed by atoms with Gasteiger partial charge in [0.2, 0.25) is 0 Å². The van der Waals surface area contributed by atoms with Gasteiger partial charge in [-0.1, -0.05) is 30.3 Å². The lowest BCUT2D eigenvalue weighted by Gasteiger charge is -2.40. The van der Waals surface area contributed by atoms with Gasteiger partial charge in [0.05, 0.1) is 24.5 Å². The lowest BCUT2D eigenvalue weighted by molar-refractivity contribution is -0.0679. The zero-order valence-electron chi connectivity index (χ0n) is 18.9. The maximum Gasteiger partial charge on any atom is 0.183 e. The molecule has 1 aliphatic heterocycles. The van der Waals surface area contributed by atoms with Crippen LogP contribution in [-0.4, -0.2) is 54.0 Å². The number of aliphatic hydroxyl groups is 2. The van der Waals surface area contributed by atoms with E-state index >= 15 is 0 Å². The highest BCUT2D eigenvalue weighted by molar-refractivity contribution is 5.63. The van der Waals surface area contributed by atoms with Gasteiger partial charge in [-0.2, -0.15) is 5.10 Å². The van der Waals surface area contributed by atoms with Gasteiger partial charge in [-0.25, -0.2) is 18.7 Å². The quantitative estimate of drug-likeness (QED) is 0.403. The summed E-state index contributed by atoms with van der Waals surface area (Å²) in [6.45, 7) is 2.55. The van der Waals surface area contributed by atoms with Crippen molar-refractivity contribution < 1.29 is 23.5 Å². The van der Waals surface area contributed by atoms with E-state index in [9.17, 15) is 19.0 Å². The third-order valence-electron chi connectivity index (χ3n) is 6.24. The summed E-state index contributed by atoms with van der Waals surface area (Å²) >= 11 is 0. The molecule has 0 saturated carbocycles. The van der Waals surface area contributed by atoms with Crippen LogP contribution < -0.4 is 4.90 Å². The maximum absolute atomic E-state index is 14.8. The standard InChI is InChI=1S/C24H24F2N6O3/c1-14-6-8-31(21(10-14)24(33)34)23-17(26)12-27-22(28-23)19-11-20(18-7-9-35-30-18)32(29-19)13-15-4-2-3-5-16(15)25/h2-5,7,9,11-12,14,21,24,33-34H,6,8,10,13H2,1H3/t14-,21-/m0/s1. The van der Waals surface area contributed by atoms with Crippen LogP contribution in [0.1, 0.15) is 25.3 Å². The first kappa shape index (κ1) is 23.1. The maximum atomic E-state index is 14.8. The van der Waals surface area contributed by atoms with Crippen LogP contribution in [0.2, 0.25) is 0 Å². The number of rotatable bonds is 6. The van der Waals surface area contributed by atoms with E-state index in [-0.39, 0.29) is 29.9 Å². The van der Waals surface area contributed by atoms with Gasteiger partial charge in [-0.05, 0) is 30.9 Å². The minimum Gasteiger partial charge on any atom is -0.366 e. The van der Waals surface area contributed by atoms with Crippen LogP contribution in [0.15, 0.2) is 53.4 Å². The molecule has 2 N–H and O–H groups in total. The largest absolute Gasteiger partial charge is 0.366 e. The van der Waals surface area contributed by atoms with Gasteiger partial charge >= 0.3 is 0 Å². The molecule has 1 aromatic carbocycles. The van der Waals surface area contributed by atoms with E-state index in [1.807, 2.05) is 6.92 Å². The first-order valence-corrected chi connectivity index (χ1v) is 11.3. The lowest BCUT2D eigenvalue weighted by Crippen LogP contribution is -2.49. The summed E-state index contributed by atoms with van der Waals surface area (Å²) in [6, 6.07) is 9.01. The molecule has 0 radical (unpaired) electrons. The van der Waals surface area contributed by atoms with Crippen LogP contribution in [0.25, 0.3) is 22.9 Å². The molecule has 35 heavy (non-hydrogen) atoms. The van der Waals surface area contributed by atoms with Crippen LogP contribution in [0.5, 0.6) is 0 Å². The number of hydrogen-bond donors (Lipinski definition) is 2. The summed E-state index contributed by atoms with van der Waals surface area (Å²) in [6.07, 6.45) is 2.07. The van der Waals surface area contributed by atoms with Crippen molar-refractivity contribution in [3.63, 3.8) is 0 Å². The Balaban J connectivity index is 1.54. The number of benzene rings is 1. The normalized spacial score (nSPS) is 18.4. The Bertz CT molecular complexity index is 1310. The number of aromatic nitrogens is 5. The fourth-order valence-electron chi connectivity index (χ4n) is 4.40. The Kier molecular flexibility index (Phi) is 6.27. The predicted octanol–water partition coefficient (Wildman–Crippen LogP) is 3.24. The first-order valence-electron chi connectivity index (χ1n) is 11.3. The minimum absolute atomic E-state index is 0.0216. The van der Waals surface area contributed by atoms with Crippen LogP contribution in [0.3, 0.4) is 0 Å². The number of aliphatic hydroxyl groups excluding tert-OH is 1. The Hall–Kier alpha value is -3.70. The van der Waals surface area contributed by atoms with Crippen LogP contribution >= 0.6 is 0 Å². The second-order valence-electron chi connectivity index (χ2n) is 8.72. The fourth-order valence-corrected chi connectivity index (χ4v) is 4.40. The van der Waals surface area contributed by atoms with Gasteiger partial charge in [-0.3, -0.25) is 4.68 Å². The lowest BCUT2D eigenvalue weighted by atomic mass is 9.92. The van der Waals surface area contributed by atoms with E-state index in [0.29, 0.717) is 35.6 Å². The number of hydrogen-bond acceptors (Lipinski definition) is 8. The Morgan fingerprint density at radius 3 is 2.71 bits per heavy atom. The van der Waals surface area contributed by atoms with Crippen molar-refractivity contribution in [1.29, 1.82) is 0 Å². The Morgan fingerprint density at radius 2 is 1.97 bits per heavy atom. The molecule has 4 aromatic rings. The van der Waals surface area contributed by atoms with E-state index in [2.05, 4.69) is 20.2 Å². The molecule has 1 saturated heterocycles. The third-order valence-corrected chi connectivity index (χ3v) is 6.24. The second-order valence-corrected chi connectivity index (χ2v) is 8.72. The first-order chi connectivity index (χ1) is 16.9. The molecule has 11 heteroatoms. The monoisotopic (exact) mass is 482 g/mol. The van der Waals surface area contributed by atoms with Crippen molar-refractivity contribution in [2.45, 2.75) is 38.6 Å². The predicted molar refractivity (Wildman–Crippen MR) is 122 cm³/mol. The highest BCUT2D eigenvalue weighted by atomic mass is 19.1. The summed E-state index contributed by atoms with van der Waals surface area (Å²) in [7, 11) is 0. The zero-order chi connectivity index (χ0) is 24.5. The van der Waals surface area contributed by atoms with Crippen molar-refractivity contribution in [2.24, 2.45) is 5.92 Å². The molecular weight excluding hydrogens is 458 g/mol. The van der Waals surface area contributed by atoms with E-state index < -0.39 is 18.1 Å². The van der Waals surface area contributed by atoms with E-state index in [1.54, 1.807) is 39.9 Å². The van der Waals surface area contributed by atoms with Crippen molar-refractivity contribution in [1.82, 2.24) is 24.9 Å². The molecule has 0 aliphatic carbocycles. The average molecular weight is 482 g/mol. The highest BCUT2D eigenvalue weighted by Gasteiger charge is 2.33. The van der Waals surface area contributed by atoms with Gasteiger partial charge in [0.1, 0.15) is 23.5 Å². The molecular formula is C24H24F2N6O3. The van der Waals surface area contributed by atoms with Gasteiger partial charge in [-0.15, -0.1) is 0 Å². The smallest absolute Gasteiger partial charge is 0.183 e. The molecule has 9 nitrogen and oxygen atoms in total. The van der Waals surface area contributed by atoms with E-state index in [1.165, 1.54) is 12.3 Å². The Morgan fingerprint density at radius 1 is 1.14 bits per heavy atom. The summed E-state index contributed by atoms with van der Waals surface area (Å²) < 4.78 is 35.7. The van der Waals surface area contributed by atoms with E-state index in [4.69, 9.17) is 4.52 Å². The molecule has 1 aliphatic rings. The Labute approximate surface area is 199 Å². The number of halogens is 2. The number of piperidine rings is 1. The van der Waals surface area contributed by atoms with Crippen molar-refractivity contribution in [2.75, 3.05) is 11.4 Å². The summed E-state index contributed by atoms with van der Waals surface area (Å²) in [5.74, 6) is -0.656. The molecule has 182 valence electrons. The van der Waals surface area contributed by atoms with Crippen molar-refractivity contribution in [3.05, 3.63) is 66.1 Å². The van der Waals surface area contributed by atoms with E-state index in [0.717, 1.165) is 12.6 Å². The van der Waals surface area contributed by atoms with Gasteiger partial charge < -0.3 is 19.6 Å². The second kappa shape index (κ2) is 9.51. The van der Waals surface area contributed by atoms with Crippen LogP contribution in [0, 0.1) is 17.6 Å². The van der Waals surface area contributed by atoms with Gasteiger partial charge in [0, 0.05) is 18.2 Å². The fraction of sp³-hybridized carbons (Fsp3) is 0.333. The molecule has 2 atom stereocenters. The molecule has 0 unspecified atom stereocenters. The molecule has 5 rings (SSSR count). The average Bonchev–Trinajstić information content (AvgIpc) is 3.51. The van der Waals surface area contributed by atoms with Crippen LogP contribution in [-0.2, 0) is 6.54 Å². The van der Waals surface area contributed by atoms with Crippen LogP contribution in [0.4, 0.5) is 14.6 Å².